The van der Waals surface area contributed by atoms with Gasteiger partial charge in [0.1, 0.15) is 0 Å². The number of urea groups is 1. The van der Waals surface area contributed by atoms with Crippen molar-refractivity contribution in [3.8, 4) is 0 Å². The lowest BCUT2D eigenvalue weighted by Gasteiger charge is -2.33. The molecule has 1 saturated carbocycles. The minimum atomic E-state index is -0.0406. The van der Waals surface area contributed by atoms with Crippen LogP contribution in [0.5, 0.6) is 0 Å². The Morgan fingerprint density at radius 2 is 2.17 bits per heavy atom. The highest BCUT2D eigenvalue weighted by atomic mass is 16.3. The lowest BCUT2D eigenvalue weighted by atomic mass is 9.90. The van der Waals surface area contributed by atoms with Crippen LogP contribution in [0.25, 0.3) is 0 Å². The zero-order valence-electron chi connectivity index (χ0n) is 14.1. The van der Waals surface area contributed by atoms with Gasteiger partial charge in [-0.05, 0) is 30.9 Å². The molecule has 2 amide bonds. The van der Waals surface area contributed by atoms with Crippen molar-refractivity contribution >= 4 is 11.7 Å². The van der Waals surface area contributed by atoms with Gasteiger partial charge in [0.15, 0.2) is 0 Å². The molecule has 1 fully saturated rings. The number of fused-ring (bicyclic) bond motifs is 1. The number of rotatable bonds is 5. The molecular formula is C18H27N3O2. The minimum absolute atomic E-state index is 0.0355. The number of nitrogens with one attached hydrogen (secondary N) is 1. The highest BCUT2D eigenvalue weighted by molar-refractivity contribution is 5.74. The fraction of sp³-hybridized carbons (Fsp3) is 0.611. The summed E-state index contributed by atoms with van der Waals surface area (Å²) in [5, 5.41) is 12.5. The summed E-state index contributed by atoms with van der Waals surface area (Å²) in [5.74, 6) is 0.368. The van der Waals surface area contributed by atoms with Crippen molar-refractivity contribution in [2.24, 2.45) is 5.41 Å². The van der Waals surface area contributed by atoms with Crippen molar-refractivity contribution < 1.29 is 9.90 Å². The largest absolute Gasteiger partial charge is 0.396 e. The molecule has 2 aliphatic rings. The Balaban J connectivity index is 1.56. The lowest BCUT2D eigenvalue weighted by molar-refractivity contribution is 0.161. The molecule has 23 heavy (non-hydrogen) atoms. The molecule has 5 nitrogen and oxygen atoms in total. The smallest absolute Gasteiger partial charge is 0.317 e. The van der Waals surface area contributed by atoms with Gasteiger partial charge in [-0.1, -0.05) is 18.2 Å². The molecule has 5 heteroatoms. The van der Waals surface area contributed by atoms with Crippen LogP contribution in [0.1, 0.15) is 30.7 Å². The van der Waals surface area contributed by atoms with E-state index in [-0.39, 0.29) is 18.1 Å². The van der Waals surface area contributed by atoms with Crippen molar-refractivity contribution in [3.05, 3.63) is 29.8 Å². The van der Waals surface area contributed by atoms with Crippen LogP contribution in [0.2, 0.25) is 0 Å². The number of para-hydroxylation sites is 1. The Labute approximate surface area is 138 Å². The van der Waals surface area contributed by atoms with Gasteiger partial charge in [-0.2, -0.15) is 0 Å². The van der Waals surface area contributed by atoms with Crippen molar-refractivity contribution in [3.63, 3.8) is 0 Å². The number of carbonyl (C=O) groups excluding carboxylic acids is 1. The molecule has 0 unspecified atom stereocenters. The van der Waals surface area contributed by atoms with Crippen LogP contribution < -0.4 is 10.2 Å². The zero-order valence-corrected chi connectivity index (χ0v) is 14.1. The second kappa shape index (κ2) is 6.40. The normalized spacial score (nSPS) is 21.5. The summed E-state index contributed by atoms with van der Waals surface area (Å²) in [6.07, 6.45) is 3.09. The Kier molecular flexibility index (Phi) is 4.48. The molecule has 1 aliphatic carbocycles. The Hall–Kier alpha value is -1.75. The van der Waals surface area contributed by atoms with E-state index in [9.17, 15) is 9.90 Å². The van der Waals surface area contributed by atoms with Crippen LogP contribution in [0.15, 0.2) is 24.3 Å². The summed E-state index contributed by atoms with van der Waals surface area (Å²) in [5.41, 5.74) is 2.55. The van der Waals surface area contributed by atoms with Crippen LogP contribution in [0, 0.1) is 5.41 Å². The average molecular weight is 317 g/mol. The molecule has 0 saturated heterocycles. The van der Waals surface area contributed by atoms with Crippen LogP contribution in [-0.4, -0.2) is 56.4 Å². The number of hydrogen-bond donors (Lipinski definition) is 2. The van der Waals surface area contributed by atoms with E-state index < -0.39 is 0 Å². The summed E-state index contributed by atoms with van der Waals surface area (Å²) >= 11 is 0. The van der Waals surface area contributed by atoms with Crippen LogP contribution in [0.4, 0.5) is 10.5 Å². The maximum absolute atomic E-state index is 12.3. The fourth-order valence-electron chi connectivity index (χ4n) is 3.48. The maximum atomic E-state index is 12.3. The van der Waals surface area contributed by atoms with Gasteiger partial charge in [-0.25, -0.2) is 4.79 Å². The van der Waals surface area contributed by atoms with Gasteiger partial charge < -0.3 is 20.2 Å². The number of aliphatic hydroxyl groups is 1. The molecule has 0 aromatic heterocycles. The first kappa shape index (κ1) is 16.1. The first-order chi connectivity index (χ1) is 11.0. The van der Waals surface area contributed by atoms with Crippen LogP contribution in [-0.2, 0) is 0 Å². The SMILES string of the molecule is CN(CC1(CO)CC1)C(=O)NC[C@H]1CCN(C)c2ccccc21. The van der Waals surface area contributed by atoms with Crippen molar-refractivity contribution in [2.75, 3.05) is 45.2 Å². The van der Waals surface area contributed by atoms with Crippen molar-refractivity contribution in [2.45, 2.75) is 25.2 Å². The Bertz CT molecular complexity index is 571. The van der Waals surface area contributed by atoms with Crippen molar-refractivity contribution in [1.82, 2.24) is 10.2 Å². The van der Waals surface area contributed by atoms with Gasteiger partial charge in [0, 0.05) is 50.7 Å². The first-order valence-electron chi connectivity index (χ1n) is 8.44. The summed E-state index contributed by atoms with van der Waals surface area (Å²) in [4.78, 5) is 16.3. The van der Waals surface area contributed by atoms with Gasteiger partial charge in [-0.3, -0.25) is 0 Å². The first-order valence-corrected chi connectivity index (χ1v) is 8.44. The van der Waals surface area contributed by atoms with Crippen molar-refractivity contribution in [1.29, 1.82) is 0 Å². The molecule has 1 aromatic carbocycles. The van der Waals surface area contributed by atoms with E-state index in [1.165, 1.54) is 11.3 Å². The molecule has 1 atom stereocenters. The molecule has 126 valence electrons. The molecular weight excluding hydrogens is 290 g/mol. The quantitative estimate of drug-likeness (QED) is 0.873. The highest BCUT2D eigenvalue weighted by Gasteiger charge is 2.43. The summed E-state index contributed by atoms with van der Waals surface area (Å²) in [7, 11) is 3.93. The molecule has 0 spiro atoms. The number of carbonyl (C=O) groups is 1. The molecule has 2 N–H and O–H groups in total. The fourth-order valence-corrected chi connectivity index (χ4v) is 3.48. The summed E-state index contributed by atoms with van der Waals surface area (Å²) < 4.78 is 0. The maximum Gasteiger partial charge on any atom is 0.317 e. The van der Waals surface area contributed by atoms with Gasteiger partial charge in [0.2, 0.25) is 0 Å². The molecule has 1 aliphatic heterocycles. The minimum Gasteiger partial charge on any atom is -0.396 e. The molecule has 0 radical (unpaired) electrons. The molecule has 3 rings (SSSR count). The second-order valence-corrected chi connectivity index (χ2v) is 7.17. The Morgan fingerprint density at radius 3 is 2.87 bits per heavy atom. The van der Waals surface area contributed by atoms with E-state index in [1.54, 1.807) is 4.90 Å². The summed E-state index contributed by atoms with van der Waals surface area (Å²) in [6, 6.07) is 8.40. The van der Waals surface area contributed by atoms with Gasteiger partial charge in [0.05, 0.1) is 6.61 Å². The average Bonchev–Trinajstić information content (AvgIpc) is 3.34. The summed E-state index contributed by atoms with van der Waals surface area (Å²) in [6.45, 7) is 2.49. The van der Waals surface area contributed by atoms with E-state index in [0.717, 1.165) is 25.8 Å². The van der Waals surface area contributed by atoms with E-state index in [0.29, 0.717) is 19.0 Å². The molecule has 0 bridgehead atoms. The monoisotopic (exact) mass is 317 g/mol. The Morgan fingerprint density at radius 1 is 1.43 bits per heavy atom. The number of nitrogens with zero attached hydrogens (tertiary/aromatic N) is 2. The number of anilines is 1. The van der Waals surface area contributed by atoms with Gasteiger partial charge in [-0.15, -0.1) is 0 Å². The number of amides is 2. The van der Waals surface area contributed by atoms with Gasteiger partial charge >= 0.3 is 6.03 Å². The highest BCUT2D eigenvalue weighted by Crippen LogP contribution is 2.45. The number of hydrogen-bond acceptors (Lipinski definition) is 3. The predicted octanol–water partition coefficient (Wildman–Crippen LogP) is 2.02. The lowest BCUT2D eigenvalue weighted by Crippen LogP contribution is -2.43. The molecule has 1 heterocycles. The van der Waals surface area contributed by atoms with Crippen LogP contribution in [0.3, 0.4) is 0 Å². The number of aliphatic hydroxyl groups excluding tert-OH is 1. The third kappa shape index (κ3) is 3.44. The predicted molar refractivity (Wildman–Crippen MR) is 91.9 cm³/mol. The zero-order chi connectivity index (χ0) is 16.4. The third-order valence-electron chi connectivity index (χ3n) is 5.31. The second-order valence-electron chi connectivity index (χ2n) is 7.17. The topological polar surface area (TPSA) is 55.8 Å². The van der Waals surface area contributed by atoms with E-state index in [2.05, 4.69) is 41.5 Å². The van der Waals surface area contributed by atoms with Crippen LogP contribution >= 0.6 is 0 Å². The van der Waals surface area contributed by atoms with E-state index in [4.69, 9.17) is 0 Å². The van der Waals surface area contributed by atoms with E-state index in [1.807, 2.05) is 7.05 Å². The number of benzene rings is 1. The van der Waals surface area contributed by atoms with Gasteiger partial charge in [0.25, 0.3) is 0 Å². The van der Waals surface area contributed by atoms with E-state index >= 15 is 0 Å². The standard InChI is InChI=1S/C18H27N3O2/c1-20-10-7-14(15-5-3-4-6-16(15)20)11-19-17(23)21(2)12-18(13-22)8-9-18/h3-6,14,22H,7-13H2,1-2H3,(H,19,23)/t14-/m1/s1. The molecule has 1 aromatic rings. The third-order valence-corrected chi connectivity index (χ3v) is 5.31.